The molecular weight excluding hydrogens is 256 g/mol. The number of rotatable bonds is 5. The first-order chi connectivity index (χ1) is 8.73. The summed E-state index contributed by atoms with van der Waals surface area (Å²) in [5.41, 5.74) is 0.229. The van der Waals surface area contributed by atoms with Crippen molar-refractivity contribution in [2.24, 2.45) is 5.41 Å². The van der Waals surface area contributed by atoms with Crippen LogP contribution < -0.4 is 5.32 Å². The fraction of sp³-hybridized carbons (Fsp3) is 1.00. The summed E-state index contributed by atoms with van der Waals surface area (Å²) in [5, 5.41) is 3.38. The summed E-state index contributed by atoms with van der Waals surface area (Å²) in [6.45, 7) is 18.4. The van der Waals surface area contributed by atoms with Crippen LogP contribution in [0.2, 0.25) is 0 Å². The summed E-state index contributed by atoms with van der Waals surface area (Å²) in [5.74, 6) is 0. The van der Waals surface area contributed by atoms with Gasteiger partial charge in [-0.25, -0.2) is 0 Å². The van der Waals surface area contributed by atoms with Crippen LogP contribution in [0.1, 0.15) is 48.0 Å². The molecule has 1 N–H and O–H groups in total. The molecule has 1 aliphatic heterocycles. The molecule has 0 saturated carbocycles. The molecule has 0 bridgehead atoms. The minimum Gasteiger partial charge on any atom is -0.314 e. The highest BCUT2D eigenvalue weighted by Crippen LogP contribution is 2.32. The Morgan fingerprint density at radius 1 is 1.11 bits per heavy atom. The Morgan fingerprint density at radius 3 is 2.00 bits per heavy atom. The molecule has 1 aliphatic rings. The first-order valence-electron chi connectivity index (χ1n) is 7.50. The molecule has 116 valence electrons. The van der Waals surface area contributed by atoms with E-state index in [9.17, 15) is 4.21 Å². The molecule has 0 aromatic carbocycles. The van der Waals surface area contributed by atoms with E-state index in [1.807, 2.05) is 20.1 Å². The lowest BCUT2D eigenvalue weighted by Crippen LogP contribution is -2.48. The van der Waals surface area contributed by atoms with Crippen LogP contribution in [0.3, 0.4) is 0 Å². The van der Waals surface area contributed by atoms with Crippen LogP contribution in [0.15, 0.2) is 0 Å². The van der Waals surface area contributed by atoms with E-state index in [4.69, 9.17) is 0 Å². The Kier molecular flexibility index (Phi) is 8.41. The molecular formula is C15H34N2OS. The summed E-state index contributed by atoms with van der Waals surface area (Å²) in [4.78, 5) is 2.52. The van der Waals surface area contributed by atoms with E-state index in [-0.39, 0.29) is 10.2 Å². The van der Waals surface area contributed by atoms with E-state index in [2.05, 4.69) is 37.9 Å². The molecule has 1 rings (SSSR count). The van der Waals surface area contributed by atoms with Crippen LogP contribution in [0, 0.1) is 5.41 Å². The summed E-state index contributed by atoms with van der Waals surface area (Å²) >= 11 is 0. The summed E-state index contributed by atoms with van der Waals surface area (Å²) < 4.78 is 11.6. The average molecular weight is 291 g/mol. The van der Waals surface area contributed by atoms with Crippen molar-refractivity contribution in [3.8, 4) is 0 Å². The van der Waals surface area contributed by atoms with E-state index >= 15 is 0 Å². The molecule has 1 unspecified atom stereocenters. The van der Waals surface area contributed by atoms with Gasteiger partial charge >= 0.3 is 0 Å². The highest BCUT2D eigenvalue weighted by atomic mass is 32.2. The summed E-state index contributed by atoms with van der Waals surface area (Å²) in [7, 11) is -0.760. The zero-order chi connectivity index (χ0) is 15.1. The van der Waals surface area contributed by atoms with Crippen molar-refractivity contribution >= 4 is 10.8 Å². The second-order valence-corrected chi connectivity index (χ2v) is 8.59. The molecule has 1 atom stereocenters. The van der Waals surface area contributed by atoms with Crippen LogP contribution in [0.4, 0.5) is 0 Å². The lowest BCUT2D eigenvalue weighted by Gasteiger charge is -2.39. The van der Waals surface area contributed by atoms with Gasteiger partial charge in [-0.1, -0.05) is 27.7 Å². The fourth-order valence-corrected chi connectivity index (χ4v) is 3.38. The molecule has 0 radical (unpaired) electrons. The van der Waals surface area contributed by atoms with Gasteiger partial charge in [0.1, 0.15) is 0 Å². The molecule has 0 spiro atoms. The fourth-order valence-electron chi connectivity index (χ4n) is 2.78. The molecule has 19 heavy (non-hydrogen) atoms. The predicted molar refractivity (Wildman–Crippen MR) is 87.2 cm³/mol. The Labute approximate surface area is 123 Å². The quantitative estimate of drug-likeness (QED) is 0.844. The van der Waals surface area contributed by atoms with Gasteiger partial charge in [0.05, 0.1) is 0 Å². The third-order valence-corrected chi connectivity index (χ3v) is 5.24. The topological polar surface area (TPSA) is 32.3 Å². The van der Waals surface area contributed by atoms with Crippen molar-refractivity contribution in [3.63, 3.8) is 0 Å². The van der Waals surface area contributed by atoms with Crippen molar-refractivity contribution < 1.29 is 4.21 Å². The van der Waals surface area contributed by atoms with Crippen molar-refractivity contribution in [3.05, 3.63) is 0 Å². The number of hydrogen-bond acceptors (Lipinski definition) is 3. The van der Waals surface area contributed by atoms with Crippen LogP contribution >= 0.6 is 0 Å². The van der Waals surface area contributed by atoms with Gasteiger partial charge in [0.2, 0.25) is 0 Å². The van der Waals surface area contributed by atoms with Gasteiger partial charge in [-0.05, 0) is 25.7 Å². The molecule has 1 heterocycles. The maximum atomic E-state index is 11.7. The van der Waals surface area contributed by atoms with Crippen molar-refractivity contribution in [1.82, 2.24) is 10.2 Å². The monoisotopic (exact) mass is 290 g/mol. The number of hydrogen-bond donors (Lipinski definition) is 1. The molecule has 3 nitrogen and oxygen atoms in total. The molecule has 0 amide bonds. The van der Waals surface area contributed by atoms with E-state index in [0.29, 0.717) is 0 Å². The van der Waals surface area contributed by atoms with Crippen LogP contribution in [0.25, 0.3) is 0 Å². The summed E-state index contributed by atoms with van der Waals surface area (Å²) in [6.07, 6.45) is 2.83. The van der Waals surface area contributed by atoms with Gasteiger partial charge < -0.3 is 10.2 Å². The van der Waals surface area contributed by atoms with Gasteiger partial charge in [0.25, 0.3) is 0 Å². The maximum absolute atomic E-state index is 11.7. The summed E-state index contributed by atoms with van der Waals surface area (Å²) in [6, 6.07) is 0. The average Bonchev–Trinajstić information content (AvgIpc) is 2.30. The molecule has 4 heteroatoms. The first-order valence-corrected chi connectivity index (χ1v) is 9.05. The highest BCUT2D eigenvalue weighted by molar-refractivity contribution is 7.85. The zero-order valence-corrected chi connectivity index (χ0v) is 14.8. The second kappa shape index (κ2) is 8.38. The highest BCUT2D eigenvalue weighted by Gasteiger charge is 2.33. The van der Waals surface area contributed by atoms with Crippen molar-refractivity contribution in [2.45, 2.75) is 52.7 Å². The minimum absolute atomic E-state index is 0.0858. The van der Waals surface area contributed by atoms with Crippen LogP contribution in [-0.2, 0) is 10.8 Å². The van der Waals surface area contributed by atoms with E-state index in [1.54, 1.807) is 0 Å². The maximum Gasteiger partial charge on any atom is 0.0405 e. The Bertz CT molecular complexity index is 271. The number of nitrogens with one attached hydrogen (secondary N) is 1. The van der Waals surface area contributed by atoms with Crippen LogP contribution in [0.5, 0.6) is 0 Å². The van der Waals surface area contributed by atoms with Crippen molar-refractivity contribution in [2.75, 3.05) is 39.0 Å². The Balaban J connectivity index is 0.00000154. The SMILES string of the molecule is CC.CS(=O)C(C)(C)CC(C)(C)CN1CCNCC1. The predicted octanol–water partition coefficient (Wildman–Crippen LogP) is 2.49. The standard InChI is InChI=1S/C13H28N2OS.C2H6/c1-12(2,10-13(3,4)17(5)16)11-15-8-6-14-7-9-15;1-2/h14H,6-11H2,1-5H3;1-2H3. The van der Waals surface area contributed by atoms with Gasteiger partial charge in [-0.3, -0.25) is 4.21 Å². The van der Waals surface area contributed by atoms with Crippen LogP contribution in [-0.4, -0.2) is 52.8 Å². The molecule has 1 saturated heterocycles. The smallest absolute Gasteiger partial charge is 0.0405 e. The minimum atomic E-state index is -0.760. The lowest BCUT2D eigenvalue weighted by molar-refractivity contribution is 0.146. The van der Waals surface area contributed by atoms with Gasteiger partial charge in [0.15, 0.2) is 0 Å². The Morgan fingerprint density at radius 2 is 1.58 bits per heavy atom. The zero-order valence-electron chi connectivity index (χ0n) is 14.0. The third-order valence-electron chi connectivity index (χ3n) is 3.54. The third kappa shape index (κ3) is 7.42. The molecule has 1 fully saturated rings. The Hall–Kier alpha value is 0.0700. The molecule has 0 aliphatic carbocycles. The number of nitrogens with zero attached hydrogens (tertiary/aromatic N) is 1. The van der Waals surface area contributed by atoms with E-state index < -0.39 is 10.8 Å². The van der Waals surface area contributed by atoms with E-state index in [1.165, 1.54) is 0 Å². The van der Waals surface area contributed by atoms with E-state index in [0.717, 1.165) is 39.1 Å². The lowest BCUT2D eigenvalue weighted by atomic mass is 9.83. The van der Waals surface area contributed by atoms with Gasteiger partial charge in [-0.2, -0.15) is 0 Å². The first kappa shape index (κ1) is 19.1. The molecule has 0 aromatic heterocycles. The largest absolute Gasteiger partial charge is 0.314 e. The second-order valence-electron chi connectivity index (χ2n) is 6.58. The molecule has 0 aromatic rings. The normalized spacial score (nSPS) is 19.5. The number of piperazine rings is 1. The van der Waals surface area contributed by atoms with Crippen molar-refractivity contribution in [1.29, 1.82) is 0 Å². The van der Waals surface area contributed by atoms with Gasteiger partial charge in [-0.15, -0.1) is 0 Å². The van der Waals surface area contributed by atoms with Gasteiger partial charge in [0, 0.05) is 54.5 Å².